The molecule has 1 N–H and O–H groups in total. The van der Waals surface area contributed by atoms with Gasteiger partial charge in [0.05, 0.1) is 0 Å². The number of hydrogen-bond acceptors (Lipinski definition) is 2. The highest BCUT2D eigenvalue weighted by molar-refractivity contribution is 5.61. The second kappa shape index (κ2) is 5.87. The van der Waals surface area contributed by atoms with Gasteiger partial charge in [-0.1, -0.05) is 24.3 Å². The molecule has 0 atom stereocenters. The van der Waals surface area contributed by atoms with Gasteiger partial charge >= 0.3 is 0 Å². The lowest BCUT2D eigenvalue weighted by Crippen LogP contribution is -2.10. The Hall–Kier alpha value is -1.28. The molecule has 17 heavy (non-hydrogen) atoms. The Labute approximate surface area is 104 Å². The number of anilines is 1. The van der Waals surface area contributed by atoms with Crippen LogP contribution in [0.5, 0.6) is 0 Å². The van der Waals surface area contributed by atoms with Crippen LogP contribution in [0, 0.1) is 0 Å². The predicted octanol–water partition coefficient (Wildman–Crippen LogP) is 3.01. The maximum atomic E-state index is 3.52. The molecule has 1 aliphatic rings. The lowest BCUT2D eigenvalue weighted by Gasteiger charge is -2.08. The van der Waals surface area contributed by atoms with Crippen molar-refractivity contribution in [2.24, 2.45) is 0 Å². The molecule has 0 saturated carbocycles. The Morgan fingerprint density at radius 2 is 2.18 bits per heavy atom. The number of nitrogens with zero attached hydrogens (tertiary/aromatic N) is 1. The van der Waals surface area contributed by atoms with Gasteiger partial charge in [-0.3, -0.25) is 0 Å². The fourth-order valence-corrected chi connectivity index (χ4v) is 2.14. The van der Waals surface area contributed by atoms with E-state index in [1.165, 1.54) is 36.1 Å². The molecule has 0 bridgehead atoms. The third-order valence-corrected chi connectivity index (χ3v) is 3.10. The summed E-state index contributed by atoms with van der Waals surface area (Å²) < 4.78 is 0. The SMILES string of the molecule is CN(C)C/C=C/c1ccc2c(c1)NCCCC2. The number of rotatable bonds is 3. The van der Waals surface area contributed by atoms with Crippen LogP contribution in [0.1, 0.15) is 24.0 Å². The van der Waals surface area contributed by atoms with Gasteiger partial charge in [-0.05, 0) is 50.6 Å². The summed E-state index contributed by atoms with van der Waals surface area (Å²) in [5.74, 6) is 0. The molecule has 2 rings (SSSR count). The van der Waals surface area contributed by atoms with Crippen molar-refractivity contribution in [2.75, 3.05) is 32.5 Å². The number of aryl methyl sites for hydroxylation is 1. The van der Waals surface area contributed by atoms with Gasteiger partial charge in [0.2, 0.25) is 0 Å². The molecule has 0 fully saturated rings. The smallest absolute Gasteiger partial charge is 0.0378 e. The first-order valence-corrected chi connectivity index (χ1v) is 6.44. The molecule has 0 spiro atoms. The van der Waals surface area contributed by atoms with Crippen LogP contribution in [0.25, 0.3) is 6.08 Å². The number of hydrogen-bond donors (Lipinski definition) is 1. The summed E-state index contributed by atoms with van der Waals surface area (Å²) in [4.78, 5) is 2.16. The molecule has 2 heteroatoms. The van der Waals surface area contributed by atoms with Crippen LogP contribution in [-0.4, -0.2) is 32.1 Å². The van der Waals surface area contributed by atoms with Crippen molar-refractivity contribution in [3.8, 4) is 0 Å². The van der Waals surface area contributed by atoms with Crippen molar-refractivity contribution in [1.82, 2.24) is 4.90 Å². The summed E-state index contributed by atoms with van der Waals surface area (Å²) in [5.41, 5.74) is 4.08. The van der Waals surface area contributed by atoms with Crippen LogP contribution in [0.2, 0.25) is 0 Å². The van der Waals surface area contributed by atoms with Crippen LogP contribution in [-0.2, 0) is 6.42 Å². The number of benzene rings is 1. The zero-order valence-electron chi connectivity index (χ0n) is 10.9. The van der Waals surface area contributed by atoms with Gasteiger partial charge < -0.3 is 10.2 Å². The molecule has 1 aromatic rings. The van der Waals surface area contributed by atoms with Crippen LogP contribution in [0.4, 0.5) is 5.69 Å². The first kappa shape index (κ1) is 12.2. The minimum absolute atomic E-state index is 0.991. The topological polar surface area (TPSA) is 15.3 Å². The Kier molecular flexibility index (Phi) is 4.21. The number of nitrogens with one attached hydrogen (secondary N) is 1. The van der Waals surface area contributed by atoms with E-state index >= 15 is 0 Å². The molecule has 2 nitrogen and oxygen atoms in total. The van der Waals surface area contributed by atoms with E-state index in [0.717, 1.165) is 13.1 Å². The van der Waals surface area contributed by atoms with Crippen molar-refractivity contribution in [3.63, 3.8) is 0 Å². The van der Waals surface area contributed by atoms with E-state index in [1.807, 2.05) is 0 Å². The Morgan fingerprint density at radius 1 is 1.29 bits per heavy atom. The van der Waals surface area contributed by atoms with Gasteiger partial charge in [0.1, 0.15) is 0 Å². The van der Waals surface area contributed by atoms with Gasteiger partial charge in [0.15, 0.2) is 0 Å². The fraction of sp³-hybridized carbons (Fsp3) is 0.467. The maximum absolute atomic E-state index is 3.52. The molecule has 92 valence electrons. The highest BCUT2D eigenvalue weighted by Crippen LogP contribution is 2.23. The first-order valence-electron chi connectivity index (χ1n) is 6.44. The van der Waals surface area contributed by atoms with Crippen molar-refractivity contribution in [3.05, 3.63) is 35.4 Å². The molecule has 0 amide bonds. The second-order valence-electron chi connectivity index (χ2n) is 4.97. The third kappa shape index (κ3) is 3.60. The fourth-order valence-electron chi connectivity index (χ4n) is 2.14. The van der Waals surface area contributed by atoms with E-state index in [1.54, 1.807) is 0 Å². The molecule has 0 radical (unpaired) electrons. The lowest BCUT2D eigenvalue weighted by molar-refractivity contribution is 0.457. The molecule has 0 saturated heterocycles. The minimum Gasteiger partial charge on any atom is -0.385 e. The van der Waals surface area contributed by atoms with E-state index in [9.17, 15) is 0 Å². The Bertz CT molecular complexity index is 394. The van der Waals surface area contributed by atoms with Crippen molar-refractivity contribution in [2.45, 2.75) is 19.3 Å². The van der Waals surface area contributed by atoms with Gasteiger partial charge in [0.25, 0.3) is 0 Å². The summed E-state index contributed by atoms with van der Waals surface area (Å²) in [5, 5.41) is 3.52. The molecule has 0 aromatic heterocycles. The van der Waals surface area contributed by atoms with E-state index in [2.05, 4.69) is 54.7 Å². The zero-order valence-corrected chi connectivity index (χ0v) is 10.9. The second-order valence-corrected chi connectivity index (χ2v) is 4.97. The quantitative estimate of drug-likeness (QED) is 0.858. The maximum Gasteiger partial charge on any atom is 0.0378 e. The van der Waals surface area contributed by atoms with Gasteiger partial charge in [-0.2, -0.15) is 0 Å². The molecule has 0 unspecified atom stereocenters. The molecule has 1 aromatic carbocycles. The first-order chi connectivity index (χ1) is 8.25. The molecular formula is C15H22N2. The van der Waals surface area contributed by atoms with Crippen molar-refractivity contribution < 1.29 is 0 Å². The van der Waals surface area contributed by atoms with Crippen molar-refractivity contribution >= 4 is 11.8 Å². The van der Waals surface area contributed by atoms with Gasteiger partial charge in [-0.15, -0.1) is 0 Å². The van der Waals surface area contributed by atoms with E-state index in [0.29, 0.717) is 0 Å². The summed E-state index contributed by atoms with van der Waals surface area (Å²) in [6, 6.07) is 6.76. The van der Waals surface area contributed by atoms with E-state index in [-0.39, 0.29) is 0 Å². The lowest BCUT2D eigenvalue weighted by atomic mass is 10.0. The Balaban J connectivity index is 2.09. The zero-order chi connectivity index (χ0) is 12.1. The Morgan fingerprint density at radius 3 is 3.00 bits per heavy atom. The van der Waals surface area contributed by atoms with E-state index in [4.69, 9.17) is 0 Å². The average molecular weight is 230 g/mol. The van der Waals surface area contributed by atoms with Crippen LogP contribution < -0.4 is 5.32 Å². The van der Waals surface area contributed by atoms with E-state index < -0.39 is 0 Å². The molecule has 1 aliphatic heterocycles. The minimum atomic E-state index is 0.991. The predicted molar refractivity (Wildman–Crippen MR) is 75.5 cm³/mol. The summed E-state index contributed by atoms with van der Waals surface area (Å²) in [6.07, 6.45) is 8.20. The molecule has 1 heterocycles. The number of fused-ring (bicyclic) bond motifs is 1. The van der Waals surface area contributed by atoms with Crippen LogP contribution in [0.3, 0.4) is 0 Å². The number of likely N-dealkylation sites (N-methyl/N-ethyl adjacent to an activating group) is 1. The summed E-state index contributed by atoms with van der Waals surface area (Å²) in [6.45, 7) is 2.10. The largest absolute Gasteiger partial charge is 0.385 e. The van der Waals surface area contributed by atoms with Gasteiger partial charge in [-0.25, -0.2) is 0 Å². The highest BCUT2D eigenvalue weighted by Gasteiger charge is 2.06. The highest BCUT2D eigenvalue weighted by atomic mass is 15.0. The third-order valence-electron chi connectivity index (χ3n) is 3.10. The van der Waals surface area contributed by atoms with Gasteiger partial charge in [0, 0.05) is 18.8 Å². The summed E-state index contributed by atoms with van der Waals surface area (Å²) in [7, 11) is 4.17. The van der Waals surface area contributed by atoms with Crippen LogP contribution >= 0.6 is 0 Å². The van der Waals surface area contributed by atoms with Crippen molar-refractivity contribution in [1.29, 1.82) is 0 Å². The normalized spacial score (nSPS) is 15.7. The monoisotopic (exact) mass is 230 g/mol. The summed E-state index contributed by atoms with van der Waals surface area (Å²) >= 11 is 0. The van der Waals surface area contributed by atoms with Crippen LogP contribution in [0.15, 0.2) is 24.3 Å². The molecule has 0 aliphatic carbocycles. The standard InChI is InChI=1S/C15H22N2/c1-17(2)11-5-6-13-8-9-14-7-3-4-10-16-15(14)12-13/h5-6,8-9,12,16H,3-4,7,10-11H2,1-2H3/b6-5+. The molecular weight excluding hydrogens is 208 g/mol. The average Bonchev–Trinajstić information content (AvgIpc) is 2.53.